The van der Waals surface area contributed by atoms with Crippen molar-refractivity contribution in [3.05, 3.63) is 29.8 Å². The molecule has 0 radical (unpaired) electrons. The van der Waals surface area contributed by atoms with E-state index in [-0.39, 0.29) is 11.2 Å². The Bertz CT molecular complexity index is 532. The zero-order chi connectivity index (χ0) is 13.8. The molecule has 2 rings (SSSR count). The topological polar surface area (TPSA) is 75.6 Å². The van der Waals surface area contributed by atoms with Gasteiger partial charge in [-0.1, -0.05) is 42.2 Å². The maximum atomic E-state index is 11.6. The number of para-hydroxylation sites is 1. The summed E-state index contributed by atoms with van der Waals surface area (Å²) >= 11 is 6.23. The minimum absolute atomic E-state index is 0.122. The van der Waals surface area contributed by atoms with Gasteiger partial charge in [0.05, 0.1) is 5.25 Å². The van der Waals surface area contributed by atoms with E-state index < -0.39 is 12.6 Å². The molecule has 1 aromatic carbocycles. The van der Waals surface area contributed by atoms with Crippen LogP contribution in [0, 0.1) is 0 Å². The Morgan fingerprint density at radius 1 is 1.47 bits per heavy atom. The first kappa shape index (κ1) is 13.8. The van der Waals surface area contributed by atoms with Crippen molar-refractivity contribution in [1.29, 1.82) is 0 Å². The lowest BCUT2D eigenvalue weighted by molar-refractivity contribution is -0.139. The zero-order valence-electron chi connectivity index (χ0n) is 9.79. The van der Waals surface area contributed by atoms with Crippen LogP contribution in [0.1, 0.15) is 5.56 Å². The number of carboxylic acid groups (broad SMARTS) is 1. The van der Waals surface area contributed by atoms with E-state index >= 15 is 0 Å². The fourth-order valence-corrected chi connectivity index (χ4v) is 2.98. The summed E-state index contributed by atoms with van der Waals surface area (Å²) in [6, 6.07) is 7.08. The molecule has 100 valence electrons. The Labute approximate surface area is 119 Å². The van der Waals surface area contributed by atoms with Gasteiger partial charge in [-0.25, -0.2) is 4.79 Å². The van der Waals surface area contributed by atoms with E-state index in [2.05, 4.69) is 5.32 Å². The average Bonchev–Trinajstić information content (AvgIpc) is 2.67. The van der Waals surface area contributed by atoms with Crippen LogP contribution in [-0.2, 0) is 16.0 Å². The van der Waals surface area contributed by atoms with Crippen molar-refractivity contribution in [2.45, 2.75) is 11.7 Å². The Morgan fingerprint density at radius 3 is 2.84 bits per heavy atom. The minimum atomic E-state index is -1.04. The van der Waals surface area contributed by atoms with E-state index in [9.17, 15) is 9.59 Å². The number of nitrogens with one attached hydrogen (secondary N) is 1. The van der Waals surface area contributed by atoms with Crippen molar-refractivity contribution >= 4 is 40.2 Å². The van der Waals surface area contributed by atoms with Gasteiger partial charge in [0.1, 0.15) is 10.1 Å². The largest absolute Gasteiger partial charge is 0.482 e. The monoisotopic (exact) mass is 297 g/mol. The van der Waals surface area contributed by atoms with Crippen LogP contribution in [0.3, 0.4) is 0 Å². The molecule has 1 fully saturated rings. The first-order valence-corrected chi connectivity index (χ1v) is 6.79. The predicted octanol–water partition coefficient (Wildman–Crippen LogP) is 1.21. The number of carbonyl (C=O) groups excluding carboxylic acids is 1. The average molecular weight is 297 g/mol. The van der Waals surface area contributed by atoms with Gasteiger partial charge in [-0.05, 0) is 18.1 Å². The number of ether oxygens (including phenoxy) is 1. The third-order valence-corrected chi connectivity index (χ3v) is 3.87. The van der Waals surface area contributed by atoms with Crippen LogP contribution in [-0.4, -0.2) is 33.2 Å². The standard InChI is InChI=1S/C12H11NO4S2/c14-10(15)6-17-8-4-2-1-3-7(8)5-9-11(16)13-12(18)19-9/h1-4,9H,5-6H2,(H,14,15)(H,13,16,18)/t9-/m0/s1. The van der Waals surface area contributed by atoms with E-state index in [0.29, 0.717) is 16.5 Å². The summed E-state index contributed by atoms with van der Waals surface area (Å²) in [7, 11) is 0. The number of benzene rings is 1. The molecule has 0 spiro atoms. The van der Waals surface area contributed by atoms with E-state index in [1.807, 2.05) is 12.1 Å². The van der Waals surface area contributed by atoms with Gasteiger partial charge in [-0.3, -0.25) is 4.79 Å². The molecular formula is C12H11NO4S2. The second-order valence-electron chi connectivity index (χ2n) is 3.88. The van der Waals surface area contributed by atoms with Crippen LogP contribution >= 0.6 is 24.0 Å². The second-order valence-corrected chi connectivity index (χ2v) is 5.76. The molecule has 2 N–H and O–H groups in total. The normalized spacial score (nSPS) is 18.2. The van der Waals surface area contributed by atoms with Crippen molar-refractivity contribution in [1.82, 2.24) is 5.32 Å². The molecule has 19 heavy (non-hydrogen) atoms. The number of carboxylic acids is 1. The van der Waals surface area contributed by atoms with Gasteiger partial charge >= 0.3 is 5.97 Å². The number of thioether (sulfide) groups is 1. The molecule has 1 aromatic rings. The molecule has 0 saturated carbocycles. The maximum Gasteiger partial charge on any atom is 0.341 e. The summed E-state index contributed by atoms with van der Waals surface area (Å²) in [4.78, 5) is 22.1. The highest BCUT2D eigenvalue weighted by atomic mass is 32.2. The van der Waals surface area contributed by atoms with Gasteiger partial charge in [0, 0.05) is 0 Å². The van der Waals surface area contributed by atoms with Crippen LogP contribution in [0.4, 0.5) is 0 Å². The number of amides is 1. The first-order chi connectivity index (χ1) is 9.06. The van der Waals surface area contributed by atoms with Gasteiger partial charge in [0.25, 0.3) is 0 Å². The third-order valence-electron chi connectivity index (χ3n) is 2.50. The summed E-state index contributed by atoms with van der Waals surface area (Å²) in [6.07, 6.45) is 0.451. The molecule has 1 amide bonds. The lowest BCUT2D eigenvalue weighted by Gasteiger charge is -2.11. The van der Waals surface area contributed by atoms with Crippen molar-refractivity contribution in [3.8, 4) is 5.75 Å². The number of rotatable bonds is 5. The Balaban J connectivity index is 2.09. The van der Waals surface area contributed by atoms with E-state index in [4.69, 9.17) is 22.1 Å². The number of aliphatic carboxylic acids is 1. The van der Waals surface area contributed by atoms with E-state index in [1.54, 1.807) is 12.1 Å². The van der Waals surface area contributed by atoms with E-state index in [1.165, 1.54) is 11.8 Å². The van der Waals surface area contributed by atoms with Crippen molar-refractivity contribution < 1.29 is 19.4 Å². The number of hydrogen-bond acceptors (Lipinski definition) is 5. The molecule has 1 saturated heterocycles. The summed E-state index contributed by atoms with van der Waals surface area (Å²) < 4.78 is 5.67. The third kappa shape index (κ3) is 3.68. The van der Waals surface area contributed by atoms with Gasteiger partial charge in [0.15, 0.2) is 6.61 Å². The Kier molecular flexibility index (Phi) is 4.39. The molecule has 0 bridgehead atoms. The van der Waals surface area contributed by atoms with Crippen LogP contribution in [0.15, 0.2) is 24.3 Å². The molecule has 1 atom stereocenters. The van der Waals surface area contributed by atoms with Gasteiger partial charge in [-0.15, -0.1) is 0 Å². The van der Waals surface area contributed by atoms with Crippen LogP contribution in [0.5, 0.6) is 5.75 Å². The molecular weight excluding hydrogens is 286 g/mol. The number of carbonyl (C=O) groups is 2. The molecule has 5 nitrogen and oxygen atoms in total. The second kappa shape index (κ2) is 6.03. The summed E-state index contributed by atoms with van der Waals surface area (Å²) in [5, 5.41) is 10.9. The molecule has 0 aromatic heterocycles. The Hall–Kier alpha value is -1.60. The van der Waals surface area contributed by atoms with Gasteiger partial charge < -0.3 is 15.2 Å². The number of thiocarbonyl (C=S) groups is 1. The van der Waals surface area contributed by atoms with Gasteiger partial charge in [-0.2, -0.15) is 0 Å². The SMILES string of the molecule is O=C(O)COc1ccccc1C[C@@H]1SC(=S)NC1=O. The highest BCUT2D eigenvalue weighted by Gasteiger charge is 2.29. The van der Waals surface area contributed by atoms with Crippen LogP contribution in [0.2, 0.25) is 0 Å². The Morgan fingerprint density at radius 2 is 2.21 bits per heavy atom. The molecule has 1 aliphatic heterocycles. The first-order valence-electron chi connectivity index (χ1n) is 5.50. The molecule has 0 aliphatic carbocycles. The minimum Gasteiger partial charge on any atom is -0.482 e. The molecule has 1 aliphatic rings. The van der Waals surface area contributed by atoms with Crippen LogP contribution in [0.25, 0.3) is 0 Å². The van der Waals surface area contributed by atoms with Gasteiger partial charge in [0.2, 0.25) is 5.91 Å². The quantitative estimate of drug-likeness (QED) is 0.796. The van der Waals surface area contributed by atoms with E-state index in [0.717, 1.165) is 5.56 Å². The lowest BCUT2D eigenvalue weighted by atomic mass is 10.1. The molecule has 0 unspecified atom stereocenters. The van der Waals surface area contributed by atoms with Crippen molar-refractivity contribution in [2.24, 2.45) is 0 Å². The maximum absolute atomic E-state index is 11.6. The summed E-state index contributed by atoms with van der Waals surface area (Å²) in [6.45, 7) is -0.403. The lowest BCUT2D eigenvalue weighted by Crippen LogP contribution is -2.25. The highest BCUT2D eigenvalue weighted by Crippen LogP contribution is 2.27. The smallest absolute Gasteiger partial charge is 0.341 e. The predicted molar refractivity (Wildman–Crippen MR) is 75.4 cm³/mol. The zero-order valence-corrected chi connectivity index (χ0v) is 11.4. The van der Waals surface area contributed by atoms with Crippen molar-refractivity contribution in [2.75, 3.05) is 6.61 Å². The number of hydrogen-bond donors (Lipinski definition) is 2. The summed E-state index contributed by atoms with van der Waals surface area (Å²) in [5.41, 5.74) is 0.793. The molecule has 1 heterocycles. The fourth-order valence-electron chi connectivity index (χ4n) is 1.68. The highest BCUT2D eigenvalue weighted by molar-refractivity contribution is 8.24. The summed E-state index contributed by atoms with van der Waals surface area (Å²) in [5.74, 6) is -0.678. The fraction of sp³-hybridized carbons (Fsp3) is 0.250. The van der Waals surface area contributed by atoms with Crippen molar-refractivity contribution in [3.63, 3.8) is 0 Å². The van der Waals surface area contributed by atoms with Crippen LogP contribution < -0.4 is 10.1 Å². The molecule has 7 heteroatoms.